The molecule has 7 nitrogen and oxygen atoms in total. The molecule has 0 spiro atoms. The molecule has 7 heteroatoms. The van der Waals surface area contributed by atoms with Gasteiger partial charge in [-0.15, -0.1) is 0 Å². The summed E-state index contributed by atoms with van der Waals surface area (Å²) in [5.41, 5.74) is 0.0939. The standard InChI is InChI=1S/C16H26N4O3/c1-2-3-10-23-11-4-5-18-16(22)15(12-17)13-19-6-8-20(14-21)9-7-19/h13-14H,2-11H2,1H3,(H,18,22)/b15-13-. The van der Waals surface area contributed by atoms with Crippen LogP contribution in [0.25, 0.3) is 0 Å². The van der Waals surface area contributed by atoms with E-state index in [1.807, 2.05) is 11.0 Å². The number of nitriles is 1. The van der Waals surface area contributed by atoms with Gasteiger partial charge >= 0.3 is 0 Å². The molecule has 23 heavy (non-hydrogen) atoms. The van der Waals surface area contributed by atoms with Crippen LogP contribution in [0.1, 0.15) is 26.2 Å². The lowest BCUT2D eigenvalue weighted by Crippen LogP contribution is -2.43. The molecule has 2 amide bonds. The molecule has 0 radical (unpaired) electrons. The van der Waals surface area contributed by atoms with Crippen molar-refractivity contribution in [3.05, 3.63) is 11.8 Å². The molecule has 0 aromatic carbocycles. The van der Waals surface area contributed by atoms with Gasteiger partial charge < -0.3 is 19.9 Å². The van der Waals surface area contributed by atoms with Crippen molar-refractivity contribution in [1.29, 1.82) is 5.26 Å². The number of unbranched alkanes of at least 4 members (excludes halogenated alkanes) is 1. The maximum Gasteiger partial charge on any atom is 0.263 e. The number of nitrogens with zero attached hydrogens (tertiary/aromatic N) is 3. The summed E-state index contributed by atoms with van der Waals surface area (Å²) in [5, 5.41) is 11.9. The fourth-order valence-electron chi connectivity index (χ4n) is 2.11. The van der Waals surface area contributed by atoms with Crippen LogP contribution in [0, 0.1) is 11.3 Å². The maximum absolute atomic E-state index is 12.0. The maximum atomic E-state index is 12.0. The number of rotatable bonds is 10. The Balaban J connectivity index is 2.28. The van der Waals surface area contributed by atoms with E-state index >= 15 is 0 Å². The summed E-state index contributed by atoms with van der Waals surface area (Å²) >= 11 is 0. The third kappa shape index (κ3) is 7.66. The number of nitrogens with one attached hydrogen (secondary N) is 1. The first-order valence-corrected chi connectivity index (χ1v) is 8.12. The number of carbonyl (C=O) groups is 2. The van der Waals surface area contributed by atoms with Crippen LogP contribution in [0.2, 0.25) is 0 Å². The Labute approximate surface area is 137 Å². The van der Waals surface area contributed by atoms with Crippen LogP contribution in [0.5, 0.6) is 0 Å². The molecular formula is C16H26N4O3. The summed E-state index contributed by atoms with van der Waals surface area (Å²) in [6.07, 6.45) is 5.28. The monoisotopic (exact) mass is 322 g/mol. The molecule has 0 atom stereocenters. The van der Waals surface area contributed by atoms with Crippen LogP contribution in [-0.4, -0.2) is 68.1 Å². The summed E-state index contributed by atoms with van der Waals surface area (Å²) in [4.78, 5) is 26.2. The number of hydrogen-bond acceptors (Lipinski definition) is 5. The molecule has 128 valence electrons. The topological polar surface area (TPSA) is 85.7 Å². The highest BCUT2D eigenvalue weighted by molar-refractivity contribution is 5.97. The minimum atomic E-state index is -0.362. The van der Waals surface area contributed by atoms with Crippen molar-refractivity contribution in [2.45, 2.75) is 26.2 Å². The summed E-state index contributed by atoms with van der Waals surface area (Å²) in [7, 11) is 0. The van der Waals surface area contributed by atoms with Gasteiger partial charge in [-0.1, -0.05) is 13.3 Å². The second-order valence-electron chi connectivity index (χ2n) is 5.41. The van der Waals surface area contributed by atoms with Crippen LogP contribution in [-0.2, 0) is 14.3 Å². The second-order valence-corrected chi connectivity index (χ2v) is 5.41. The molecular weight excluding hydrogens is 296 g/mol. The van der Waals surface area contributed by atoms with Gasteiger partial charge in [0, 0.05) is 52.1 Å². The Morgan fingerprint density at radius 3 is 2.48 bits per heavy atom. The Morgan fingerprint density at radius 2 is 1.87 bits per heavy atom. The van der Waals surface area contributed by atoms with Gasteiger partial charge in [-0.3, -0.25) is 9.59 Å². The molecule has 1 saturated heterocycles. The third-order valence-electron chi connectivity index (χ3n) is 3.57. The van der Waals surface area contributed by atoms with Crippen molar-refractivity contribution < 1.29 is 14.3 Å². The van der Waals surface area contributed by atoms with E-state index in [9.17, 15) is 9.59 Å². The second kappa shape index (κ2) is 11.5. The average Bonchev–Trinajstić information content (AvgIpc) is 2.59. The van der Waals surface area contributed by atoms with E-state index < -0.39 is 0 Å². The van der Waals surface area contributed by atoms with Gasteiger partial charge in [0.25, 0.3) is 5.91 Å². The van der Waals surface area contributed by atoms with Crippen molar-refractivity contribution in [3.8, 4) is 6.07 Å². The molecule has 1 rings (SSSR count). The van der Waals surface area contributed by atoms with E-state index in [-0.39, 0.29) is 11.5 Å². The normalized spacial score (nSPS) is 15.2. The number of hydrogen-bond donors (Lipinski definition) is 1. The van der Waals surface area contributed by atoms with Gasteiger partial charge in [-0.05, 0) is 12.8 Å². The van der Waals surface area contributed by atoms with Crippen molar-refractivity contribution in [1.82, 2.24) is 15.1 Å². The summed E-state index contributed by atoms with van der Waals surface area (Å²) in [5.74, 6) is -0.362. The van der Waals surface area contributed by atoms with Crippen LogP contribution < -0.4 is 5.32 Å². The Kier molecular flexibility index (Phi) is 9.48. The predicted octanol–water partition coefficient (Wildman–Crippen LogP) is 0.491. The lowest BCUT2D eigenvalue weighted by Gasteiger charge is -2.31. The minimum absolute atomic E-state index is 0.0939. The van der Waals surface area contributed by atoms with Gasteiger partial charge in [0.05, 0.1) is 0 Å². The average molecular weight is 322 g/mol. The SMILES string of the molecule is CCCCOCCCNC(=O)/C(C#N)=C\N1CCN(C=O)CC1. The molecule has 0 unspecified atom stereocenters. The van der Waals surface area contributed by atoms with Crippen molar-refractivity contribution in [2.24, 2.45) is 0 Å². The van der Waals surface area contributed by atoms with Gasteiger partial charge in [0.1, 0.15) is 11.6 Å². The fraction of sp³-hybridized carbons (Fsp3) is 0.688. The number of carbonyl (C=O) groups excluding carboxylic acids is 2. The Morgan fingerprint density at radius 1 is 1.22 bits per heavy atom. The van der Waals surface area contributed by atoms with Crippen molar-refractivity contribution in [2.75, 3.05) is 45.9 Å². The molecule has 0 aromatic heterocycles. The van der Waals surface area contributed by atoms with Crippen molar-refractivity contribution >= 4 is 12.3 Å². The molecule has 0 bridgehead atoms. The molecule has 0 aliphatic carbocycles. The van der Waals surface area contributed by atoms with E-state index in [1.54, 1.807) is 11.1 Å². The highest BCUT2D eigenvalue weighted by atomic mass is 16.5. The van der Waals surface area contributed by atoms with Crippen molar-refractivity contribution in [3.63, 3.8) is 0 Å². The Bertz CT molecular complexity index is 437. The molecule has 1 fully saturated rings. The van der Waals surface area contributed by atoms with Gasteiger partial charge in [0.2, 0.25) is 6.41 Å². The molecule has 0 saturated carbocycles. The lowest BCUT2D eigenvalue weighted by atomic mass is 10.2. The van der Waals surface area contributed by atoms with Gasteiger partial charge in [-0.25, -0.2) is 0 Å². The summed E-state index contributed by atoms with van der Waals surface area (Å²) < 4.78 is 5.41. The third-order valence-corrected chi connectivity index (χ3v) is 3.57. The van der Waals surface area contributed by atoms with E-state index in [2.05, 4.69) is 12.2 Å². The van der Waals surface area contributed by atoms with Gasteiger partial charge in [-0.2, -0.15) is 5.26 Å². The first-order valence-electron chi connectivity index (χ1n) is 8.12. The fourth-order valence-corrected chi connectivity index (χ4v) is 2.11. The molecule has 1 N–H and O–H groups in total. The zero-order valence-corrected chi connectivity index (χ0v) is 13.8. The largest absolute Gasteiger partial charge is 0.381 e. The van der Waals surface area contributed by atoms with Crippen LogP contribution in [0.4, 0.5) is 0 Å². The lowest BCUT2D eigenvalue weighted by molar-refractivity contribution is -0.119. The van der Waals surface area contributed by atoms with E-state index in [0.29, 0.717) is 39.3 Å². The molecule has 1 heterocycles. The number of ether oxygens (including phenoxy) is 1. The summed E-state index contributed by atoms with van der Waals surface area (Å²) in [6.45, 7) is 6.43. The Hall–Kier alpha value is -2.07. The predicted molar refractivity (Wildman–Crippen MR) is 86.3 cm³/mol. The summed E-state index contributed by atoms with van der Waals surface area (Å²) in [6, 6.07) is 1.94. The van der Waals surface area contributed by atoms with E-state index in [4.69, 9.17) is 10.00 Å². The molecule has 0 aromatic rings. The van der Waals surface area contributed by atoms with Crippen LogP contribution >= 0.6 is 0 Å². The van der Waals surface area contributed by atoms with Crippen LogP contribution in [0.15, 0.2) is 11.8 Å². The number of piperazine rings is 1. The zero-order valence-electron chi connectivity index (χ0n) is 13.8. The van der Waals surface area contributed by atoms with E-state index in [1.165, 1.54) is 0 Å². The highest BCUT2D eigenvalue weighted by Crippen LogP contribution is 2.03. The minimum Gasteiger partial charge on any atom is -0.381 e. The highest BCUT2D eigenvalue weighted by Gasteiger charge is 2.15. The quantitative estimate of drug-likeness (QED) is 0.274. The zero-order chi connectivity index (χ0) is 16.9. The first kappa shape index (κ1) is 19.0. The molecule has 1 aliphatic rings. The first-order chi connectivity index (χ1) is 11.2. The molecule has 1 aliphatic heterocycles. The smallest absolute Gasteiger partial charge is 0.263 e. The van der Waals surface area contributed by atoms with Gasteiger partial charge in [0.15, 0.2) is 0 Å². The van der Waals surface area contributed by atoms with Crippen LogP contribution in [0.3, 0.4) is 0 Å². The van der Waals surface area contributed by atoms with E-state index in [0.717, 1.165) is 32.3 Å². The number of amides is 2.